The zero-order chi connectivity index (χ0) is 15.1. The number of nitrogens with zero attached hydrogens (tertiary/aromatic N) is 2. The summed E-state index contributed by atoms with van der Waals surface area (Å²) in [6, 6.07) is 5.67. The summed E-state index contributed by atoms with van der Waals surface area (Å²) in [6.07, 6.45) is 6.65. The number of benzene rings is 1. The molecule has 0 spiro atoms. The molecule has 1 saturated carbocycles. The van der Waals surface area contributed by atoms with E-state index in [0.29, 0.717) is 28.4 Å². The Balaban J connectivity index is 1.83. The van der Waals surface area contributed by atoms with Crippen molar-refractivity contribution in [2.45, 2.75) is 25.2 Å². The van der Waals surface area contributed by atoms with E-state index in [2.05, 4.69) is 15.0 Å². The highest BCUT2D eigenvalue weighted by atomic mass is 19.1. The van der Waals surface area contributed by atoms with E-state index in [1.807, 2.05) is 18.2 Å². The molecule has 1 aromatic carbocycles. The van der Waals surface area contributed by atoms with Crippen molar-refractivity contribution in [3.63, 3.8) is 0 Å². The first-order chi connectivity index (χ1) is 10.8. The molecule has 2 aromatic heterocycles. The number of pyridine rings is 1. The number of rotatable bonds is 3. The topological polar surface area (TPSA) is 50.8 Å². The van der Waals surface area contributed by atoms with Crippen LogP contribution in [0, 0.1) is 5.82 Å². The molecule has 2 heterocycles. The van der Waals surface area contributed by atoms with Crippen LogP contribution < -0.4 is 4.74 Å². The van der Waals surface area contributed by atoms with Crippen LogP contribution in [0.1, 0.15) is 30.7 Å². The van der Waals surface area contributed by atoms with Gasteiger partial charge in [-0.1, -0.05) is 18.6 Å². The second-order valence-electron chi connectivity index (χ2n) is 5.68. The number of ether oxygens (including phenoxy) is 1. The van der Waals surface area contributed by atoms with Gasteiger partial charge in [-0.25, -0.2) is 14.4 Å². The largest absolute Gasteiger partial charge is 0.493 e. The molecule has 0 saturated heterocycles. The lowest BCUT2D eigenvalue weighted by Crippen LogP contribution is -2.11. The Hall–Kier alpha value is -2.43. The number of nitrogens with one attached hydrogen (secondary N) is 1. The molecule has 4 nitrogen and oxygen atoms in total. The number of halogens is 1. The van der Waals surface area contributed by atoms with E-state index < -0.39 is 0 Å². The van der Waals surface area contributed by atoms with Gasteiger partial charge in [-0.2, -0.15) is 0 Å². The fourth-order valence-corrected chi connectivity index (χ4v) is 3.02. The van der Waals surface area contributed by atoms with Crippen LogP contribution in [0.5, 0.6) is 5.75 Å². The predicted molar refractivity (Wildman–Crippen MR) is 82.4 cm³/mol. The average Bonchev–Trinajstić information content (AvgIpc) is 2.93. The highest BCUT2D eigenvalue weighted by Gasteiger charge is 2.26. The van der Waals surface area contributed by atoms with Crippen LogP contribution in [0.4, 0.5) is 4.39 Å². The van der Waals surface area contributed by atoms with Crippen LogP contribution in [0.3, 0.4) is 0 Å². The van der Waals surface area contributed by atoms with Crippen molar-refractivity contribution in [3.8, 4) is 16.9 Å². The zero-order valence-electron chi connectivity index (χ0n) is 12.3. The minimum Gasteiger partial charge on any atom is -0.493 e. The standard InChI is InChI=1S/C17H16FN3O/c1-22-16-13(10-3-2-4-10)6-5-12(15(16)18)11-7-14-17(19-8-11)21-9-20-14/h5-10H,2-4H2,1H3,(H,19,20,21). The van der Waals surface area contributed by atoms with Crippen LogP contribution in [-0.4, -0.2) is 22.1 Å². The smallest absolute Gasteiger partial charge is 0.177 e. The molecule has 1 fully saturated rings. The third-order valence-corrected chi connectivity index (χ3v) is 4.46. The Labute approximate surface area is 127 Å². The maximum atomic E-state index is 14.9. The number of aromatic amines is 1. The van der Waals surface area contributed by atoms with Crippen molar-refractivity contribution in [2.24, 2.45) is 0 Å². The number of hydrogen-bond acceptors (Lipinski definition) is 3. The first kappa shape index (κ1) is 13.2. The lowest BCUT2D eigenvalue weighted by molar-refractivity contribution is 0.355. The number of H-pyrrole nitrogens is 1. The zero-order valence-corrected chi connectivity index (χ0v) is 12.3. The van der Waals surface area contributed by atoms with Gasteiger partial charge in [0.2, 0.25) is 0 Å². The second-order valence-corrected chi connectivity index (χ2v) is 5.68. The normalized spacial score (nSPS) is 15.0. The Bertz CT molecular complexity index is 839. The van der Waals surface area contributed by atoms with Crippen molar-refractivity contribution in [1.29, 1.82) is 0 Å². The Morgan fingerprint density at radius 1 is 1.27 bits per heavy atom. The van der Waals surface area contributed by atoms with Gasteiger partial charge in [0.1, 0.15) is 0 Å². The SMILES string of the molecule is COc1c(C2CCC2)ccc(-c2cnc3nc[nH]c3c2)c1F. The van der Waals surface area contributed by atoms with E-state index in [4.69, 9.17) is 4.74 Å². The van der Waals surface area contributed by atoms with Gasteiger partial charge in [-0.15, -0.1) is 0 Å². The molecule has 1 aliphatic rings. The summed E-state index contributed by atoms with van der Waals surface area (Å²) in [6.45, 7) is 0. The van der Waals surface area contributed by atoms with Gasteiger partial charge in [0, 0.05) is 22.9 Å². The van der Waals surface area contributed by atoms with Crippen LogP contribution in [0.25, 0.3) is 22.3 Å². The number of methoxy groups -OCH3 is 1. The minimum absolute atomic E-state index is 0.312. The summed E-state index contributed by atoms with van der Waals surface area (Å²) in [4.78, 5) is 11.3. The fraction of sp³-hybridized carbons (Fsp3) is 0.294. The summed E-state index contributed by atoms with van der Waals surface area (Å²) in [5.41, 5.74) is 3.61. The third-order valence-electron chi connectivity index (χ3n) is 4.46. The first-order valence-electron chi connectivity index (χ1n) is 7.44. The van der Waals surface area contributed by atoms with Crippen molar-refractivity contribution in [2.75, 3.05) is 7.11 Å². The predicted octanol–water partition coefficient (Wildman–Crippen LogP) is 4.04. The molecule has 1 N–H and O–H groups in total. The highest BCUT2D eigenvalue weighted by molar-refractivity contribution is 5.78. The van der Waals surface area contributed by atoms with Crippen LogP contribution in [0.2, 0.25) is 0 Å². The Morgan fingerprint density at radius 2 is 2.14 bits per heavy atom. The fourth-order valence-electron chi connectivity index (χ4n) is 3.02. The maximum Gasteiger partial charge on any atom is 0.177 e. The van der Waals surface area contributed by atoms with E-state index in [1.54, 1.807) is 12.5 Å². The molecule has 1 aliphatic carbocycles. The van der Waals surface area contributed by atoms with Crippen LogP contribution in [-0.2, 0) is 0 Å². The molecule has 0 unspecified atom stereocenters. The lowest BCUT2D eigenvalue weighted by Gasteiger charge is -2.27. The van der Waals surface area contributed by atoms with Crippen molar-refractivity contribution < 1.29 is 9.13 Å². The van der Waals surface area contributed by atoms with Crippen molar-refractivity contribution in [1.82, 2.24) is 15.0 Å². The van der Waals surface area contributed by atoms with Crippen LogP contribution >= 0.6 is 0 Å². The number of aromatic nitrogens is 3. The number of hydrogen-bond donors (Lipinski definition) is 1. The van der Waals surface area contributed by atoms with E-state index in [-0.39, 0.29) is 5.82 Å². The van der Waals surface area contributed by atoms with Crippen molar-refractivity contribution >= 4 is 11.2 Å². The van der Waals surface area contributed by atoms with E-state index in [1.165, 1.54) is 13.5 Å². The quantitative estimate of drug-likeness (QED) is 0.793. The molecule has 0 amide bonds. The van der Waals surface area contributed by atoms with Crippen LogP contribution in [0.15, 0.2) is 30.7 Å². The summed E-state index contributed by atoms with van der Waals surface area (Å²) in [5.74, 6) is 0.478. The van der Waals surface area contributed by atoms with E-state index >= 15 is 0 Å². The Morgan fingerprint density at radius 3 is 2.86 bits per heavy atom. The summed E-state index contributed by atoms with van der Waals surface area (Å²) in [7, 11) is 1.53. The molecular weight excluding hydrogens is 281 g/mol. The van der Waals surface area contributed by atoms with Gasteiger partial charge < -0.3 is 9.72 Å². The van der Waals surface area contributed by atoms with Gasteiger partial charge in [-0.05, 0) is 24.8 Å². The van der Waals surface area contributed by atoms with Gasteiger partial charge >= 0.3 is 0 Å². The number of fused-ring (bicyclic) bond motifs is 1. The van der Waals surface area contributed by atoms with Gasteiger partial charge in [-0.3, -0.25) is 0 Å². The average molecular weight is 297 g/mol. The molecule has 0 aliphatic heterocycles. The molecular formula is C17H16FN3O. The van der Waals surface area contributed by atoms with Gasteiger partial charge in [0.05, 0.1) is 19.0 Å². The van der Waals surface area contributed by atoms with Gasteiger partial charge in [0.25, 0.3) is 0 Å². The lowest BCUT2D eigenvalue weighted by atomic mass is 9.79. The van der Waals surface area contributed by atoms with Crippen molar-refractivity contribution in [3.05, 3.63) is 42.1 Å². The molecule has 22 heavy (non-hydrogen) atoms. The van der Waals surface area contributed by atoms with E-state index in [0.717, 1.165) is 23.9 Å². The third kappa shape index (κ3) is 1.96. The molecule has 4 rings (SSSR count). The molecule has 5 heteroatoms. The Kier molecular flexibility index (Phi) is 3.06. The molecule has 3 aromatic rings. The molecule has 0 atom stereocenters. The number of imidazole rings is 1. The highest BCUT2D eigenvalue weighted by Crippen LogP contribution is 2.43. The summed E-state index contributed by atoms with van der Waals surface area (Å²) in [5, 5.41) is 0. The second kappa shape index (κ2) is 5.09. The first-order valence-corrected chi connectivity index (χ1v) is 7.44. The monoisotopic (exact) mass is 297 g/mol. The summed E-state index contributed by atoms with van der Waals surface area (Å²) < 4.78 is 20.2. The molecule has 112 valence electrons. The minimum atomic E-state index is -0.312. The van der Waals surface area contributed by atoms with Gasteiger partial charge in [0.15, 0.2) is 17.2 Å². The molecule has 0 bridgehead atoms. The van der Waals surface area contributed by atoms with E-state index in [9.17, 15) is 4.39 Å². The summed E-state index contributed by atoms with van der Waals surface area (Å²) >= 11 is 0. The maximum absolute atomic E-state index is 14.9. The molecule has 0 radical (unpaired) electrons.